The van der Waals surface area contributed by atoms with Gasteiger partial charge in [0, 0.05) is 66.5 Å². The van der Waals surface area contributed by atoms with Gasteiger partial charge in [0.1, 0.15) is 11.6 Å². The average molecular weight is 989 g/mol. The van der Waals surface area contributed by atoms with Crippen LogP contribution in [0.5, 0.6) is 0 Å². The number of Topliss-reactive ketones (excluding diaryl/α,β-unsaturated/α-hetero) is 4. The molecule has 5 aromatic carbocycles. The highest BCUT2D eigenvalue weighted by atomic mass is 35.5. The summed E-state index contributed by atoms with van der Waals surface area (Å²) in [5.41, 5.74) is 23.5. The molecule has 1 heterocycles. The van der Waals surface area contributed by atoms with E-state index in [1.165, 1.54) is 55.9 Å². The van der Waals surface area contributed by atoms with Crippen LogP contribution >= 0.6 is 24.6 Å². The second-order valence-electron chi connectivity index (χ2n) is 18.0. The number of nitrogen functional groups attached to an aromatic ring is 2. The van der Waals surface area contributed by atoms with Crippen molar-refractivity contribution >= 4 is 70.7 Å². The Bertz CT molecular complexity index is 2880. The van der Waals surface area contributed by atoms with Crippen LogP contribution < -0.4 is 16.8 Å². The second-order valence-corrected chi connectivity index (χ2v) is 18.5. The van der Waals surface area contributed by atoms with Gasteiger partial charge < -0.3 is 26.8 Å². The van der Waals surface area contributed by atoms with Crippen molar-refractivity contribution < 1.29 is 32.8 Å². The lowest BCUT2D eigenvalue weighted by Gasteiger charge is -2.23. The Morgan fingerprint density at radius 1 is 0.600 bits per heavy atom. The number of fused-ring (bicyclic) bond motifs is 5. The first-order valence-electron chi connectivity index (χ1n) is 23.9. The van der Waals surface area contributed by atoms with Gasteiger partial charge in [0.2, 0.25) is 5.91 Å². The normalized spacial score (nSPS) is 16.1. The lowest BCUT2D eigenvalue weighted by Crippen LogP contribution is -2.25. The number of nitrogens with one attached hydrogen (secondary N) is 3. The third-order valence-corrected chi connectivity index (χ3v) is 13.4. The number of nitrogens with two attached hydrogens (primary N) is 2. The summed E-state index contributed by atoms with van der Waals surface area (Å²) in [5, 5.41) is 2.70. The molecular weight excluding hydrogens is 928 g/mol. The molecule has 0 aliphatic heterocycles. The van der Waals surface area contributed by atoms with Crippen molar-refractivity contribution in [1.29, 1.82) is 0 Å². The van der Waals surface area contributed by atoms with Crippen LogP contribution in [0.4, 0.5) is 25.8 Å². The number of aromatic amines is 2. The number of anilines is 3. The van der Waals surface area contributed by atoms with Gasteiger partial charge in [-0.25, -0.2) is 8.78 Å². The average Bonchev–Trinajstić information content (AvgIpc) is 3.75. The third-order valence-electron chi connectivity index (χ3n) is 13.2. The second kappa shape index (κ2) is 24.8. The molecule has 70 heavy (non-hydrogen) atoms. The number of rotatable bonds is 3. The van der Waals surface area contributed by atoms with Gasteiger partial charge in [0.05, 0.1) is 16.8 Å². The van der Waals surface area contributed by atoms with E-state index in [1.807, 2.05) is 42.5 Å². The zero-order chi connectivity index (χ0) is 49.0. The van der Waals surface area contributed by atoms with Gasteiger partial charge in [-0.2, -0.15) is 0 Å². The van der Waals surface area contributed by atoms with Crippen molar-refractivity contribution in [2.24, 2.45) is 5.92 Å². The number of imidazole rings is 1. The molecule has 14 heteroatoms. The van der Waals surface area contributed by atoms with Crippen LogP contribution in [0, 0.1) is 22.3 Å². The summed E-state index contributed by atoms with van der Waals surface area (Å²) in [6.07, 6.45) is 16.1. The summed E-state index contributed by atoms with van der Waals surface area (Å²) >= 11 is 4.96. The van der Waals surface area contributed by atoms with E-state index >= 15 is 0 Å². The summed E-state index contributed by atoms with van der Waals surface area (Å²) in [7, 11) is 0. The fourth-order valence-electron chi connectivity index (χ4n) is 9.85. The SMILES string of the molecule is CC(=O)Nc1cccc2c1C(=O)CCC2.Cl.Nc1cccc2c1C(=O)CCC2.Nc1cccc2c1CCCC2.O=C1CCCc2cccc(F)c21.O=C1c2c(F)cccc2CCC1Cc1c[nH]c(=S)[nH]1. The number of amides is 1. The summed E-state index contributed by atoms with van der Waals surface area (Å²) in [6, 6.07) is 27.2. The molecule has 5 aliphatic carbocycles. The van der Waals surface area contributed by atoms with E-state index < -0.39 is 5.82 Å². The van der Waals surface area contributed by atoms with E-state index in [9.17, 15) is 32.8 Å². The lowest BCUT2D eigenvalue weighted by atomic mass is 9.80. The number of benzene rings is 5. The molecule has 0 radical (unpaired) electrons. The van der Waals surface area contributed by atoms with Crippen molar-refractivity contribution in [1.82, 2.24) is 9.97 Å². The first kappa shape index (κ1) is 52.8. The van der Waals surface area contributed by atoms with Gasteiger partial charge >= 0.3 is 0 Å². The minimum Gasteiger partial charge on any atom is -0.398 e. The van der Waals surface area contributed by atoms with Crippen molar-refractivity contribution in [3.63, 3.8) is 0 Å². The molecule has 0 saturated heterocycles. The Balaban J connectivity index is 0.000000145. The Labute approximate surface area is 418 Å². The van der Waals surface area contributed by atoms with Crippen molar-refractivity contribution in [3.05, 3.63) is 175 Å². The summed E-state index contributed by atoms with van der Waals surface area (Å²) < 4.78 is 27.4. The summed E-state index contributed by atoms with van der Waals surface area (Å²) in [5.74, 6) is -0.886. The zero-order valence-corrected chi connectivity index (χ0v) is 41.0. The minimum atomic E-state index is -0.408. The molecule has 6 aromatic rings. The van der Waals surface area contributed by atoms with Crippen LogP contribution in [0.3, 0.4) is 0 Å². The maximum absolute atomic E-state index is 13.8. The predicted molar refractivity (Wildman–Crippen MR) is 277 cm³/mol. The van der Waals surface area contributed by atoms with Gasteiger partial charge in [-0.3, -0.25) is 24.0 Å². The monoisotopic (exact) mass is 987 g/mol. The number of carbonyl (C=O) groups is 5. The number of carbonyl (C=O) groups excluding carboxylic acids is 5. The first-order chi connectivity index (χ1) is 33.3. The highest BCUT2D eigenvalue weighted by Crippen LogP contribution is 2.31. The quantitative estimate of drug-likeness (QED) is 0.0858. The molecule has 10 nitrogen and oxygen atoms in total. The molecule has 7 N–H and O–H groups in total. The van der Waals surface area contributed by atoms with Gasteiger partial charge in [0.15, 0.2) is 27.9 Å². The number of halogens is 3. The molecule has 1 unspecified atom stereocenters. The van der Waals surface area contributed by atoms with Crippen LogP contribution in [0.25, 0.3) is 0 Å². The van der Waals surface area contributed by atoms with Crippen molar-refractivity contribution in [2.75, 3.05) is 16.8 Å². The van der Waals surface area contributed by atoms with E-state index in [2.05, 4.69) is 27.4 Å². The van der Waals surface area contributed by atoms with Crippen LogP contribution in [0.2, 0.25) is 0 Å². The number of H-pyrrole nitrogens is 2. The van der Waals surface area contributed by atoms with Gasteiger partial charge in [-0.05, 0) is 159 Å². The molecule has 1 aromatic heterocycles. The van der Waals surface area contributed by atoms with Gasteiger partial charge in [0.25, 0.3) is 0 Å². The maximum Gasteiger partial charge on any atom is 0.221 e. The molecule has 0 bridgehead atoms. The third kappa shape index (κ3) is 13.2. The molecule has 366 valence electrons. The first-order valence-corrected chi connectivity index (χ1v) is 24.3. The molecular formula is C56H60ClF2N5O5S. The minimum absolute atomic E-state index is 0. The van der Waals surface area contributed by atoms with Crippen molar-refractivity contribution in [3.8, 4) is 0 Å². The fourth-order valence-corrected chi connectivity index (χ4v) is 10.0. The summed E-state index contributed by atoms with van der Waals surface area (Å²) in [4.78, 5) is 63.6. The molecule has 0 spiro atoms. The number of hydrogen-bond acceptors (Lipinski definition) is 8. The lowest BCUT2D eigenvalue weighted by molar-refractivity contribution is -0.114. The van der Waals surface area contributed by atoms with Crippen LogP contribution in [-0.4, -0.2) is 39.0 Å². The number of ketones is 4. The molecule has 5 aliphatic rings. The Hall–Kier alpha value is -6.57. The summed E-state index contributed by atoms with van der Waals surface area (Å²) in [6.45, 7) is 1.45. The Morgan fingerprint density at radius 3 is 1.66 bits per heavy atom. The van der Waals surface area contributed by atoms with E-state index in [-0.39, 0.29) is 58.7 Å². The fraction of sp³-hybridized carbons (Fsp3) is 0.321. The van der Waals surface area contributed by atoms with E-state index in [0.29, 0.717) is 53.0 Å². The highest BCUT2D eigenvalue weighted by molar-refractivity contribution is 7.71. The molecule has 0 saturated carbocycles. The van der Waals surface area contributed by atoms with Crippen molar-refractivity contribution in [2.45, 2.75) is 110 Å². The number of aryl methyl sites for hydroxylation is 5. The molecule has 1 amide bonds. The molecule has 0 fully saturated rings. The highest BCUT2D eigenvalue weighted by Gasteiger charge is 2.30. The molecule has 1 atom stereocenters. The molecule has 11 rings (SSSR count). The van der Waals surface area contributed by atoms with Crippen LogP contribution in [-0.2, 0) is 49.7 Å². The van der Waals surface area contributed by atoms with Crippen LogP contribution in [0.15, 0.2) is 97.2 Å². The maximum atomic E-state index is 13.8. The predicted octanol–water partition coefficient (Wildman–Crippen LogP) is 12.1. The smallest absolute Gasteiger partial charge is 0.221 e. The Kier molecular flexibility index (Phi) is 18.7. The largest absolute Gasteiger partial charge is 0.398 e. The number of hydrogen-bond donors (Lipinski definition) is 5. The standard InChI is InChI=1S/C14H13FN2OS.C12H13NO2.C10H9FO.C10H11NO.C10H13N.ClH/c15-11-3-1-2-8-4-5-9(13(18)12(8)11)6-10-7-16-14(19)17-10;1-8(14)13-10-6-2-4-9-5-3-7-11(15)12(9)10;2*11-8-5-1-3-7-4-2-6-9(12)10(7)8;11-10-7-3-5-8-4-1-2-6-9(8)10;/h1-3,7,9H,4-6H2,(H2,16,17,19);2,4,6H,3,5,7H2,1H3,(H,13,14);1,3,5H,2,4,6H2;1,3,5H,2,4,6,11H2;3,5,7H,1-2,4,6,11H2;1H. The van der Waals surface area contributed by atoms with Crippen LogP contribution in [0.1, 0.15) is 145 Å². The van der Waals surface area contributed by atoms with E-state index in [4.69, 9.17) is 23.7 Å². The topological polar surface area (TPSA) is 181 Å². The number of aromatic nitrogens is 2. The zero-order valence-electron chi connectivity index (χ0n) is 39.4. The van der Waals surface area contributed by atoms with Gasteiger partial charge in [-0.1, -0.05) is 60.7 Å². The Morgan fingerprint density at radius 2 is 1.09 bits per heavy atom. The van der Waals surface area contributed by atoms with E-state index in [1.54, 1.807) is 30.5 Å². The van der Waals surface area contributed by atoms with Gasteiger partial charge in [-0.15, -0.1) is 12.4 Å². The van der Waals surface area contributed by atoms with E-state index in [0.717, 1.165) is 90.6 Å².